The highest BCUT2D eigenvalue weighted by molar-refractivity contribution is 5.80. The van der Waals surface area contributed by atoms with Crippen LogP contribution in [-0.2, 0) is 15.1 Å². The number of carbonyl (C=O) groups is 1. The molecule has 1 aromatic rings. The van der Waals surface area contributed by atoms with Crippen LogP contribution < -0.4 is 5.32 Å². The fourth-order valence-electron chi connectivity index (χ4n) is 2.65. The molecule has 1 atom stereocenters. The Labute approximate surface area is 126 Å². The van der Waals surface area contributed by atoms with Crippen molar-refractivity contribution in [1.29, 1.82) is 0 Å². The second kappa shape index (κ2) is 7.57. The first-order valence-electron chi connectivity index (χ1n) is 7.80. The number of aliphatic carboxylic acids is 1. The van der Waals surface area contributed by atoms with Crippen molar-refractivity contribution < 1.29 is 14.6 Å². The molecule has 1 fully saturated rings. The second-order valence-corrected chi connectivity index (χ2v) is 5.70. The van der Waals surface area contributed by atoms with E-state index in [0.29, 0.717) is 19.6 Å². The molecule has 2 N–H and O–H groups in total. The molecule has 1 unspecified atom stereocenters. The van der Waals surface area contributed by atoms with Crippen molar-refractivity contribution in [2.24, 2.45) is 5.92 Å². The molecule has 1 aliphatic carbocycles. The van der Waals surface area contributed by atoms with Crippen molar-refractivity contribution in [3.8, 4) is 0 Å². The van der Waals surface area contributed by atoms with Gasteiger partial charge in [0.05, 0.1) is 0 Å². The molecule has 0 radical (unpaired) electrons. The minimum atomic E-state index is -1.06. The fourth-order valence-corrected chi connectivity index (χ4v) is 2.65. The van der Waals surface area contributed by atoms with Crippen LogP contribution in [0.2, 0.25) is 0 Å². The lowest BCUT2D eigenvalue weighted by Crippen LogP contribution is -2.50. The van der Waals surface area contributed by atoms with Gasteiger partial charge in [0, 0.05) is 19.6 Å². The quantitative estimate of drug-likeness (QED) is 0.651. The smallest absolute Gasteiger partial charge is 0.328 e. The van der Waals surface area contributed by atoms with Crippen molar-refractivity contribution in [1.82, 2.24) is 5.32 Å². The van der Waals surface area contributed by atoms with Crippen LogP contribution in [-0.4, -0.2) is 30.8 Å². The Kier molecular flexibility index (Phi) is 5.76. The molecule has 4 nitrogen and oxygen atoms in total. The number of nitrogens with one attached hydrogen (secondary N) is 1. The number of likely N-dealkylation sites (N-methyl/N-ethyl adjacent to an activating group) is 1. The molecule has 0 saturated heterocycles. The molecule has 4 heteroatoms. The van der Waals surface area contributed by atoms with E-state index in [2.05, 4.69) is 5.32 Å². The first kappa shape index (κ1) is 16.0. The van der Waals surface area contributed by atoms with Gasteiger partial charge < -0.3 is 9.84 Å². The number of hydrogen-bond acceptors (Lipinski definition) is 3. The van der Waals surface area contributed by atoms with Gasteiger partial charge in [-0.2, -0.15) is 0 Å². The lowest BCUT2D eigenvalue weighted by molar-refractivity contribution is -0.146. The topological polar surface area (TPSA) is 58.6 Å². The molecule has 0 aliphatic heterocycles. The van der Waals surface area contributed by atoms with E-state index in [-0.39, 0.29) is 0 Å². The third-order valence-electron chi connectivity index (χ3n) is 4.10. The number of carboxylic acid groups (broad SMARTS) is 1. The van der Waals surface area contributed by atoms with Crippen LogP contribution in [0, 0.1) is 5.92 Å². The molecule has 0 amide bonds. The zero-order chi connectivity index (χ0) is 15.1. The highest BCUT2D eigenvalue weighted by Gasteiger charge is 2.39. The summed E-state index contributed by atoms with van der Waals surface area (Å²) in [6.07, 6.45) is 4.19. The molecule has 21 heavy (non-hydrogen) atoms. The van der Waals surface area contributed by atoms with E-state index in [1.54, 1.807) is 0 Å². The average Bonchev–Trinajstić information content (AvgIpc) is 3.30. The summed E-state index contributed by atoms with van der Waals surface area (Å²) < 4.78 is 5.65. The lowest BCUT2D eigenvalue weighted by Gasteiger charge is -2.31. The molecular weight excluding hydrogens is 266 g/mol. The highest BCUT2D eigenvalue weighted by atomic mass is 16.5. The zero-order valence-corrected chi connectivity index (χ0v) is 12.7. The summed E-state index contributed by atoms with van der Waals surface area (Å²) in [6, 6.07) is 9.37. The van der Waals surface area contributed by atoms with E-state index < -0.39 is 11.5 Å². The van der Waals surface area contributed by atoms with Gasteiger partial charge in [-0.3, -0.25) is 5.32 Å². The van der Waals surface area contributed by atoms with Crippen LogP contribution in [0.5, 0.6) is 0 Å². The number of ether oxygens (including phenoxy) is 1. The van der Waals surface area contributed by atoms with E-state index in [4.69, 9.17) is 4.74 Å². The summed E-state index contributed by atoms with van der Waals surface area (Å²) in [4.78, 5) is 11.9. The maximum Gasteiger partial charge on any atom is 0.328 e. The summed E-state index contributed by atoms with van der Waals surface area (Å²) in [5.74, 6) is -0.00142. The van der Waals surface area contributed by atoms with Crippen LogP contribution in [0.1, 0.15) is 38.2 Å². The van der Waals surface area contributed by atoms with Crippen LogP contribution in [0.15, 0.2) is 30.3 Å². The maximum absolute atomic E-state index is 11.9. The molecule has 2 rings (SSSR count). The van der Waals surface area contributed by atoms with E-state index in [0.717, 1.165) is 24.5 Å². The van der Waals surface area contributed by atoms with Gasteiger partial charge in [-0.1, -0.05) is 50.1 Å². The Bertz CT molecular complexity index is 445. The summed E-state index contributed by atoms with van der Waals surface area (Å²) in [5, 5.41) is 12.9. The summed E-state index contributed by atoms with van der Waals surface area (Å²) >= 11 is 0. The van der Waals surface area contributed by atoms with E-state index in [1.165, 1.54) is 12.8 Å². The zero-order valence-electron chi connectivity index (χ0n) is 12.7. The first-order valence-corrected chi connectivity index (χ1v) is 7.80. The number of carboxylic acids is 1. The SMILES string of the molecule is CCNC(CCOCCC1CC1)(C(=O)O)c1ccccc1. The molecule has 0 spiro atoms. The van der Waals surface area contributed by atoms with Gasteiger partial charge in [0.2, 0.25) is 0 Å². The molecule has 0 aromatic heterocycles. The first-order chi connectivity index (χ1) is 10.2. The van der Waals surface area contributed by atoms with Gasteiger partial charge in [0.15, 0.2) is 0 Å². The standard InChI is InChI=1S/C17H25NO3/c1-2-18-17(16(19)20,15-6-4-3-5-7-15)11-13-21-12-10-14-8-9-14/h3-7,14,18H,2,8-13H2,1H3,(H,19,20). The normalized spacial score (nSPS) is 17.4. The van der Waals surface area contributed by atoms with Gasteiger partial charge in [-0.25, -0.2) is 4.79 Å². The fraction of sp³-hybridized carbons (Fsp3) is 0.588. The second-order valence-electron chi connectivity index (χ2n) is 5.70. The van der Waals surface area contributed by atoms with Crippen molar-refractivity contribution in [2.45, 2.75) is 38.1 Å². The van der Waals surface area contributed by atoms with Crippen molar-refractivity contribution >= 4 is 5.97 Å². The van der Waals surface area contributed by atoms with Gasteiger partial charge in [-0.15, -0.1) is 0 Å². The van der Waals surface area contributed by atoms with Gasteiger partial charge in [0.1, 0.15) is 5.54 Å². The van der Waals surface area contributed by atoms with E-state index in [1.807, 2.05) is 37.3 Å². The molecule has 1 aromatic carbocycles. The van der Waals surface area contributed by atoms with Gasteiger partial charge in [0.25, 0.3) is 0 Å². The van der Waals surface area contributed by atoms with Crippen LogP contribution >= 0.6 is 0 Å². The van der Waals surface area contributed by atoms with Crippen LogP contribution in [0.4, 0.5) is 0 Å². The molecule has 0 bridgehead atoms. The van der Waals surface area contributed by atoms with Gasteiger partial charge >= 0.3 is 5.97 Å². The Balaban J connectivity index is 1.98. The Morgan fingerprint density at radius 2 is 2.05 bits per heavy atom. The molecule has 0 heterocycles. The Morgan fingerprint density at radius 1 is 1.33 bits per heavy atom. The molecular formula is C17H25NO3. The maximum atomic E-state index is 11.9. The Hall–Kier alpha value is -1.39. The summed E-state index contributed by atoms with van der Waals surface area (Å²) in [6.45, 7) is 3.72. The number of hydrogen-bond donors (Lipinski definition) is 2. The monoisotopic (exact) mass is 291 g/mol. The summed E-state index contributed by atoms with van der Waals surface area (Å²) in [5.41, 5.74) is -0.277. The molecule has 1 aliphatic rings. The number of rotatable bonds is 10. The average molecular weight is 291 g/mol. The van der Waals surface area contributed by atoms with Gasteiger partial charge in [-0.05, 0) is 24.4 Å². The number of benzene rings is 1. The predicted molar refractivity (Wildman–Crippen MR) is 82.2 cm³/mol. The summed E-state index contributed by atoms with van der Waals surface area (Å²) in [7, 11) is 0. The van der Waals surface area contributed by atoms with Crippen molar-refractivity contribution in [3.63, 3.8) is 0 Å². The molecule has 1 saturated carbocycles. The minimum Gasteiger partial charge on any atom is -0.480 e. The van der Waals surface area contributed by atoms with Crippen LogP contribution in [0.25, 0.3) is 0 Å². The van der Waals surface area contributed by atoms with E-state index in [9.17, 15) is 9.90 Å². The van der Waals surface area contributed by atoms with Crippen molar-refractivity contribution in [2.75, 3.05) is 19.8 Å². The molecule has 116 valence electrons. The van der Waals surface area contributed by atoms with Crippen LogP contribution in [0.3, 0.4) is 0 Å². The largest absolute Gasteiger partial charge is 0.480 e. The predicted octanol–water partition coefficient (Wildman–Crippen LogP) is 2.78. The lowest BCUT2D eigenvalue weighted by atomic mass is 9.86. The van der Waals surface area contributed by atoms with Crippen molar-refractivity contribution in [3.05, 3.63) is 35.9 Å². The minimum absolute atomic E-state index is 0.435. The Morgan fingerprint density at radius 3 is 2.62 bits per heavy atom. The third-order valence-corrected chi connectivity index (χ3v) is 4.10. The van der Waals surface area contributed by atoms with E-state index >= 15 is 0 Å². The highest BCUT2D eigenvalue weighted by Crippen LogP contribution is 2.32. The third kappa shape index (κ3) is 4.29.